The van der Waals surface area contributed by atoms with Crippen molar-refractivity contribution >= 4 is 0 Å². The van der Waals surface area contributed by atoms with Gasteiger partial charge in [0.25, 0.3) is 0 Å². The fourth-order valence-corrected chi connectivity index (χ4v) is 2.62. The van der Waals surface area contributed by atoms with Crippen molar-refractivity contribution in [1.82, 2.24) is 19.7 Å². The number of rotatable bonds is 7. The molecule has 1 aromatic carbocycles. The van der Waals surface area contributed by atoms with Crippen LogP contribution in [0.25, 0.3) is 17.2 Å². The summed E-state index contributed by atoms with van der Waals surface area (Å²) in [4.78, 5) is 4.45. The highest BCUT2D eigenvalue weighted by Gasteiger charge is 2.21. The van der Waals surface area contributed by atoms with Gasteiger partial charge in [-0.05, 0) is 25.1 Å². The van der Waals surface area contributed by atoms with Crippen LogP contribution in [0.2, 0.25) is 0 Å². The molecule has 8 nitrogen and oxygen atoms in total. The zero-order valence-electron chi connectivity index (χ0n) is 14.8. The van der Waals surface area contributed by atoms with Gasteiger partial charge in [0.05, 0.1) is 20.8 Å². The Hall–Kier alpha value is -3.13. The van der Waals surface area contributed by atoms with Crippen LogP contribution in [0.3, 0.4) is 0 Å². The Morgan fingerprint density at radius 3 is 2.35 bits per heavy atom. The van der Waals surface area contributed by atoms with E-state index in [9.17, 15) is 0 Å². The van der Waals surface area contributed by atoms with Crippen LogP contribution < -0.4 is 14.2 Å². The van der Waals surface area contributed by atoms with E-state index in [0.29, 0.717) is 40.4 Å². The molecule has 0 bridgehead atoms. The molecule has 1 N–H and O–H groups in total. The molecule has 8 heteroatoms. The SMILES string of the molecule is COc1cccc(OC)c1-n1c(C)nnc1-c1cccc(OCCO)n1. The monoisotopic (exact) mass is 356 g/mol. The normalized spacial score (nSPS) is 10.6. The summed E-state index contributed by atoms with van der Waals surface area (Å²) in [7, 11) is 3.19. The first-order valence-corrected chi connectivity index (χ1v) is 8.04. The van der Waals surface area contributed by atoms with Crippen molar-refractivity contribution in [1.29, 1.82) is 0 Å². The van der Waals surface area contributed by atoms with Crippen molar-refractivity contribution in [3.05, 3.63) is 42.2 Å². The van der Waals surface area contributed by atoms with Crippen molar-refractivity contribution in [2.75, 3.05) is 27.4 Å². The number of pyridine rings is 1. The first kappa shape index (κ1) is 17.7. The average Bonchev–Trinajstić information content (AvgIpc) is 3.06. The van der Waals surface area contributed by atoms with Gasteiger partial charge in [-0.2, -0.15) is 0 Å². The van der Waals surface area contributed by atoms with E-state index in [0.717, 1.165) is 0 Å². The minimum Gasteiger partial charge on any atom is -0.494 e. The van der Waals surface area contributed by atoms with Gasteiger partial charge in [-0.3, -0.25) is 4.57 Å². The molecule has 0 saturated heterocycles. The maximum absolute atomic E-state index is 8.92. The number of ether oxygens (including phenoxy) is 3. The highest BCUT2D eigenvalue weighted by Crippen LogP contribution is 2.35. The van der Waals surface area contributed by atoms with Gasteiger partial charge in [0.1, 0.15) is 35.3 Å². The lowest BCUT2D eigenvalue weighted by atomic mass is 10.2. The zero-order chi connectivity index (χ0) is 18.5. The molecule has 0 fully saturated rings. The van der Waals surface area contributed by atoms with Gasteiger partial charge in [-0.1, -0.05) is 12.1 Å². The van der Waals surface area contributed by atoms with E-state index >= 15 is 0 Å². The van der Waals surface area contributed by atoms with Crippen LogP contribution in [0.5, 0.6) is 17.4 Å². The molecule has 0 radical (unpaired) electrons. The van der Waals surface area contributed by atoms with Gasteiger partial charge in [0.2, 0.25) is 5.88 Å². The molecule has 26 heavy (non-hydrogen) atoms. The summed E-state index contributed by atoms with van der Waals surface area (Å²) in [6.45, 7) is 1.93. The quantitative estimate of drug-likeness (QED) is 0.692. The molecule has 0 aliphatic heterocycles. The number of methoxy groups -OCH3 is 2. The van der Waals surface area contributed by atoms with Crippen LogP contribution in [0.15, 0.2) is 36.4 Å². The Bertz CT molecular complexity index is 872. The fraction of sp³-hybridized carbons (Fsp3) is 0.278. The minimum atomic E-state index is -0.0837. The molecule has 2 heterocycles. The van der Waals surface area contributed by atoms with Crippen molar-refractivity contribution in [3.8, 4) is 34.6 Å². The Balaban J connectivity index is 2.15. The Morgan fingerprint density at radius 1 is 1.00 bits per heavy atom. The lowest BCUT2D eigenvalue weighted by molar-refractivity contribution is 0.197. The number of hydrogen-bond acceptors (Lipinski definition) is 7. The van der Waals surface area contributed by atoms with Crippen molar-refractivity contribution in [2.24, 2.45) is 0 Å². The lowest BCUT2D eigenvalue weighted by Crippen LogP contribution is -2.07. The van der Waals surface area contributed by atoms with Crippen molar-refractivity contribution in [3.63, 3.8) is 0 Å². The van der Waals surface area contributed by atoms with E-state index < -0.39 is 0 Å². The van der Waals surface area contributed by atoms with Crippen molar-refractivity contribution in [2.45, 2.75) is 6.92 Å². The molecular weight excluding hydrogens is 336 g/mol. The molecule has 0 spiro atoms. The van der Waals surface area contributed by atoms with E-state index in [-0.39, 0.29) is 13.2 Å². The van der Waals surface area contributed by atoms with Gasteiger partial charge >= 0.3 is 0 Å². The molecule has 136 valence electrons. The summed E-state index contributed by atoms with van der Waals surface area (Å²) in [5.41, 5.74) is 1.27. The van der Waals surface area contributed by atoms with Crippen LogP contribution in [-0.2, 0) is 0 Å². The number of benzene rings is 1. The van der Waals surface area contributed by atoms with E-state index in [1.54, 1.807) is 20.3 Å². The van der Waals surface area contributed by atoms with E-state index in [4.69, 9.17) is 19.3 Å². The lowest BCUT2D eigenvalue weighted by Gasteiger charge is -2.16. The van der Waals surface area contributed by atoms with Crippen LogP contribution >= 0.6 is 0 Å². The minimum absolute atomic E-state index is 0.0837. The number of aliphatic hydroxyl groups excluding tert-OH is 1. The third-order valence-electron chi connectivity index (χ3n) is 3.74. The predicted molar refractivity (Wildman–Crippen MR) is 95.0 cm³/mol. The first-order valence-electron chi connectivity index (χ1n) is 8.04. The third kappa shape index (κ3) is 3.31. The Morgan fingerprint density at radius 2 is 1.69 bits per heavy atom. The molecule has 0 unspecified atom stereocenters. The number of aryl methyl sites for hydroxylation is 1. The largest absolute Gasteiger partial charge is 0.494 e. The molecule has 0 aliphatic rings. The second-order valence-corrected chi connectivity index (χ2v) is 5.35. The number of nitrogens with zero attached hydrogens (tertiary/aromatic N) is 4. The summed E-state index contributed by atoms with van der Waals surface area (Å²) >= 11 is 0. The fourth-order valence-electron chi connectivity index (χ4n) is 2.62. The zero-order valence-corrected chi connectivity index (χ0v) is 14.8. The predicted octanol–water partition coefficient (Wildman–Crippen LogP) is 2.03. The second-order valence-electron chi connectivity index (χ2n) is 5.35. The summed E-state index contributed by atoms with van der Waals surface area (Å²) in [5, 5.41) is 17.4. The summed E-state index contributed by atoms with van der Waals surface area (Å²) < 4.78 is 18.2. The summed E-state index contributed by atoms with van der Waals surface area (Å²) in [6, 6.07) is 10.9. The Labute approximate surface area is 151 Å². The summed E-state index contributed by atoms with van der Waals surface area (Å²) in [5.74, 6) is 2.84. The molecule has 0 aliphatic carbocycles. The van der Waals surface area contributed by atoms with Gasteiger partial charge in [-0.15, -0.1) is 10.2 Å². The number of aromatic nitrogens is 4. The van der Waals surface area contributed by atoms with Gasteiger partial charge < -0.3 is 19.3 Å². The summed E-state index contributed by atoms with van der Waals surface area (Å²) in [6.07, 6.45) is 0. The molecular formula is C18H20N4O4. The molecule has 3 aromatic rings. The number of aliphatic hydroxyl groups is 1. The molecule has 0 saturated carbocycles. The first-order chi connectivity index (χ1) is 12.7. The highest BCUT2D eigenvalue weighted by atomic mass is 16.5. The van der Waals surface area contributed by atoms with Crippen LogP contribution in [0.4, 0.5) is 0 Å². The van der Waals surface area contributed by atoms with Crippen molar-refractivity contribution < 1.29 is 19.3 Å². The maximum Gasteiger partial charge on any atom is 0.213 e. The van der Waals surface area contributed by atoms with Crippen LogP contribution in [0.1, 0.15) is 5.82 Å². The topological polar surface area (TPSA) is 91.5 Å². The standard InChI is InChI=1S/C18H20N4O4/c1-12-20-21-18(13-6-4-9-16(19-13)26-11-10-23)22(12)17-14(24-2)7-5-8-15(17)25-3/h4-9,23H,10-11H2,1-3H3. The molecule has 2 aromatic heterocycles. The molecule has 0 amide bonds. The van der Waals surface area contributed by atoms with E-state index in [2.05, 4.69) is 15.2 Å². The van der Waals surface area contributed by atoms with E-state index in [1.807, 2.05) is 41.8 Å². The average molecular weight is 356 g/mol. The molecule has 0 atom stereocenters. The van der Waals surface area contributed by atoms with E-state index in [1.165, 1.54) is 0 Å². The van der Waals surface area contributed by atoms with Crippen LogP contribution in [0, 0.1) is 6.92 Å². The van der Waals surface area contributed by atoms with Gasteiger partial charge in [0, 0.05) is 6.07 Å². The second kappa shape index (κ2) is 7.83. The smallest absolute Gasteiger partial charge is 0.213 e. The molecule has 3 rings (SSSR count). The number of para-hydroxylation sites is 1. The van der Waals surface area contributed by atoms with Gasteiger partial charge in [-0.25, -0.2) is 4.98 Å². The third-order valence-corrected chi connectivity index (χ3v) is 3.74. The van der Waals surface area contributed by atoms with Crippen LogP contribution in [-0.4, -0.2) is 52.3 Å². The maximum atomic E-state index is 8.92. The Kier molecular flexibility index (Phi) is 5.33. The highest BCUT2D eigenvalue weighted by molar-refractivity contribution is 5.63. The number of hydrogen-bond donors (Lipinski definition) is 1. The van der Waals surface area contributed by atoms with Gasteiger partial charge in [0.15, 0.2) is 5.82 Å².